The van der Waals surface area contributed by atoms with Gasteiger partial charge in [0.1, 0.15) is 0 Å². The maximum atomic E-state index is 12.3. The van der Waals surface area contributed by atoms with Crippen LogP contribution in [-0.4, -0.2) is 22.8 Å². The van der Waals surface area contributed by atoms with Crippen molar-refractivity contribution < 1.29 is 19.5 Å². The smallest absolute Gasteiger partial charge is 0.372 e. The first-order chi connectivity index (χ1) is 16.0. The lowest BCUT2D eigenvalue weighted by molar-refractivity contribution is -0.148. The Labute approximate surface area is 202 Å². The molecule has 0 atom stereocenters. The van der Waals surface area contributed by atoms with Gasteiger partial charge in [-0.15, -0.1) is 0 Å². The molecule has 0 saturated carbocycles. The summed E-state index contributed by atoms with van der Waals surface area (Å²) in [4.78, 5) is 34.2. The maximum absolute atomic E-state index is 12.3. The van der Waals surface area contributed by atoms with E-state index in [4.69, 9.17) is 5.11 Å². The summed E-state index contributed by atoms with van der Waals surface area (Å²) in [5.41, 5.74) is 6.22. The fourth-order valence-electron chi connectivity index (χ4n) is 4.03. The van der Waals surface area contributed by atoms with Crippen molar-refractivity contribution in [3.63, 3.8) is 0 Å². The summed E-state index contributed by atoms with van der Waals surface area (Å²) in [6.45, 7) is 10.8. The Morgan fingerprint density at radius 1 is 1.06 bits per heavy atom. The van der Waals surface area contributed by atoms with Crippen LogP contribution < -0.4 is 5.32 Å². The van der Waals surface area contributed by atoms with Gasteiger partial charge in [0.15, 0.2) is 0 Å². The number of benzene rings is 1. The summed E-state index contributed by atoms with van der Waals surface area (Å²) in [7, 11) is 0. The van der Waals surface area contributed by atoms with E-state index in [-0.39, 0.29) is 17.7 Å². The SMILES string of the molecule is CC(C=CC1=C(C)CCCC1(C)C)=CC=CC(C)=CC(=O)Nc1ccc(CC(=O)C(=O)O)cc1. The van der Waals surface area contributed by atoms with E-state index >= 15 is 0 Å². The molecule has 0 aromatic heterocycles. The molecule has 0 radical (unpaired) electrons. The van der Waals surface area contributed by atoms with Crippen LogP contribution in [0.5, 0.6) is 0 Å². The standard InChI is InChI=1S/C29H35NO4/c1-20(11-16-25-22(3)10-7-17-29(25,4)5)8-6-9-21(2)18-27(32)30-24-14-12-23(13-15-24)19-26(31)28(33)34/h6,8-9,11-16,18H,7,10,17,19H2,1-5H3,(H,30,32)(H,33,34). The van der Waals surface area contributed by atoms with E-state index in [2.05, 4.69) is 45.2 Å². The van der Waals surface area contributed by atoms with Crippen molar-refractivity contribution in [2.24, 2.45) is 5.41 Å². The Balaban J connectivity index is 1.93. The molecule has 1 aromatic carbocycles. The average Bonchev–Trinajstić information content (AvgIpc) is 2.74. The average molecular weight is 462 g/mol. The van der Waals surface area contributed by atoms with Crippen molar-refractivity contribution in [1.82, 2.24) is 0 Å². The molecule has 0 aliphatic heterocycles. The Kier molecular flexibility index (Phi) is 9.55. The van der Waals surface area contributed by atoms with E-state index in [9.17, 15) is 14.4 Å². The van der Waals surface area contributed by atoms with Crippen molar-refractivity contribution in [2.45, 2.75) is 60.3 Å². The number of amides is 1. The summed E-state index contributed by atoms with van der Waals surface area (Å²) in [5.74, 6) is -2.58. The van der Waals surface area contributed by atoms with Gasteiger partial charge in [0, 0.05) is 18.2 Å². The van der Waals surface area contributed by atoms with Crippen molar-refractivity contribution in [1.29, 1.82) is 0 Å². The first kappa shape index (κ1) is 26.8. The summed E-state index contributed by atoms with van der Waals surface area (Å²) < 4.78 is 0. The zero-order valence-corrected chi connectivity index (χ0v) is 20.8. The zero-order valence-electron chi connectivity index (χ0n) is 20.8. The Bertz CT molecular complexity index is 1080. The molecule has 0 spiro atoms. The number of Topliss-reactive ketones (excluding diaryl/α,β-unsaturated/α-hetero) is 1. The van der Waals surface area contributed by atoms with E-state index in [0.717, 1.165) is 11.1 Å². The molecule has 0 bridgehead atoms. The Morgan fingerprint density at radius 2 is 1.74 bits per heavy atom. The van der Waals surface area contributed by atoms with Crippen LogP contribution >= 0.6 is 0 Å². The van der Waals surface area contributed by atoms with Gasteiger partial charge in [-0.05, 0) is 74.3 Å². The molecular weight excluding hydrogens is 426 g/mol. The highest BCUT2D eigenvalue weighted by molar-refractivity contribution is 6.33. The second-order valence-electron chi connectivity index (χ2n) is 9.51. The van der Waals surface area contributed by atoms with Crippen LogP contribution in [0, 0.1) is 5.41 Å². The number of anilines is 1. The fourth-order valence-corrected chi connectivity index (χ4v) is 4.03. The zero-order chi connectivity index (χ0) is 25.3. The molecule has 1 aromatic rings. The maximum Gasteiger partial charge on any atom is 0.372 e. The van der Waals surface area contributed by atoms with Gasteiger partial charge in [0.05, 0.1) is 0 Å². The third-order valence-electron chi connectivity index (χ3n) is 5.96. The minimum Gasteiger partial charge on any atom is -0.475 e. The van der Waals surface area contributed by atoms with Gasteiger partial charge in [-0.25, -0.2) is 4.79 Å². The number of carboxylic acids is 1. The van der Waals surface area contributed by atoms with Gasteiger partial charge in [-0.1, -0.05) is 67.5 Å². The second kappa shape index (κ2) is 12.1. The second-order valence-corrected chi connectivity index (χ2v) is 9.51. The van der Waals surface area contributed by atoms with Gasteiger partial charge < -0.3 is 10.4 Å². The van der Waals surface area contributed by atoms with E-state index in [1.807, 2.05) is 25.2 Å². The first-order valence-electron chi connectivity index (χ1n) is 11.6. The number of carboxylic acid groups (broad SMARTS) is 1. The molecule has 1 amide bonds. The van der Waals surface area contributed by atoms with Crippen molar-refractivity contribution in [2.75, 3.05) is 5.32 Å². The van der Waals surface area contributed by atoms with E-state index in [0.29, 0.717) is 11.3 Å². The molecule has 2 rings (SSSR count). The molecule has 34 heavy (non-hydrogen) atoms. The molecule has 2 N–H and O–H groups in total. The molecule has 0 fully saturated rings. The summed E-state index contributed by atoms with van der Waals surface area (Å²) in [6, 6.07) is 6.54. The van der Waals surface area contributed by atoms with Crippen LogP contribution in [0.2, 0.25) is 0 Å². The summed E-state index contributed by atoms with van der Waals surface area (Å²) in [5, 5.41) is 11.4. The van der Waals surface area contributed by atoms with E-state index in [1.165, 1.54) is 36.5 Å². The normalized spacial score (nSPS) is 16.9. The van der Waals surface area contributed by atoms with Crippen LogP contribution in [0.25, 0.3) is 0 Å². The molecule has 1 aliphatic rings. The molecule has 0 unspecified atom stereocenters. The summed E-state index contributed by atoms with van der Waals surface area (Å²) in [6.07, 6.45) is 15.2. The number of carbonyl (C=O) groups excluding carboxylic acids is 2. The number of carbonyl (C=O) groups is 3. The van der Waals surface area contributed by atoms with Gasteiger partial charge in [0.2, 0.25) is 11.7 Å². The minimum atomic E-state index is -1.45. The van der Waals surface area contributed by atoms with Crippen LogP contribution in [0.3, 0.4) is 0 Å². The Morgan fingerprint density at radius 3 is 2.35 bits per heavy atom. The van der Waals surface area contributed by atoms with Crippen molar-refractivity contribution in [3.05, 3.63) is 88.6 Å². The van der Waals surface area contributed by atoms with Gasteiger partial charge in [0.25, 0.3) is 0 Å². The minimum absolute atomic E-state index is 0.176. The van der Waals surface area contributed by atoms with Gasteiger partial charge in [-0.3, -0.25) is 9.59 Å². The lowest BCUT2D eigenvalue weighted by Crippen LogP contribution is -2.19. The predicted octanol–water partition coefficient (Wildman–Crippen LogP) is 6.35. The number of nitrogens with one attached hydrogen (secondary N) is 1. The van der Waals surface area contributed by atoms with Crippen LogP contribution in [-0.2, 0) is 20.8 Å². The molecule has 5 heteroatoms. The third kappa shape index (κ3) is 8.47. The Hall–Kier alpha value is -3.47. The lowest BCUT2D eigenvalue weighted by Gasteiger charge is -2.32. The molecular formula is C29H35NO4. The molecule has 1 aliphatic carbocycles. The monoisotopic (exact) mass is 461 g/mol. The topological polar surface area (TPSA) is 83.5 Å². The van der Waals surface area contributed by atoms with Crippen LogP contribution in [0.4, 0.5) is 5.69 Å². The number of aliphatic carboxylic acids is 1. The van der Waals surface area contributed by atoms with Gasteiger partial charge in [-0.2, -0.15) is 0 Å². The lowest BCUT2D eigenvalue weighted by atomic mass is 9.72. The number of allylic oxidation sites excluding steroid dienone is 9. The van der Waals surface area contributed by atoms with Crippen LogP contribution in [0.15, 0.2) is 83.0 Å². The number of hydrogen-bond acceptors (Lipinski definition) is 3. The molecule has 5 nitrogen and oxygen atoms in total. The molecule has 0 heterocycles. The van der Waals surface area contributed by atoms with Crippen LogP contribution in [0.1, 0.15) is 59.4 Å². The predicted molar refractivity (Wildman–Crippen MR) is 138 cm³/mol. The molecule has 0 saturated heterocycles. The highest BCUT2D eigenvalue weighted by Crippen LogP contribution is 2.40. The van der Waals surface area contributed by atoms with E-state index in [1.54, 1.807) is 24.3 Å². The highest BCUT2D eigenvalue weighted by atomic mass is 16.4. The number of rotatable bonds is 9. The molecule has 180 valence electrons. The number of ketones is 1. The quantitative estimate of drug-likeness (QED) is 0.255. The first-order valence-corrected chi connectivity index (χ1v) is 11.6. The van der Waals surface area contributed by atoms with Crippen molar-refractivity contribution in [3.8, 4) is 0 Å². The summed E-state index contributed by atoms with van der Waals surface area (Å²) >= 11 is 0. The highest BCUT2D eigenvalue weighted by Gasteiger charge is 2.26. The van der Waals surface area contributed by atoms with Crippen molar-refractivity contribution >= 4 is 23.3 Å². The third-order valence-corrected chi connectivity index (χ3v) is 5.96. The van der Waals surface area contributed by atoms with E-state index < -0.39 is 11.8 Å². The fraction of sp³-hybridized carbons (Fsp3) is 0.345. The largest absolute Gasteiger partial charge is 0.475 e. The van der Waals surface area contributed by atoms with Gasteiger partial charge >= 0.3 is 5.97 Å². The number of hydrogen-bond donors (Lipinski definition) is 2.